The molecule has 0 fully saturated rings. The van der Waals surface area contributed by atoms with Gasteiger partial charge in [-0.25, -0.2) is 17.8 Å². The zero-order valence-electron chi connectivity index (χ0n) is 13.7. The van der Waals surface area contributed by atoms with Crippen LogP contribution in [0.5, 0.6) is 0 Å². The minimum absolute atomic E-state index is 0.222. The van der Waals surface area contributed by atoms with Gasteiger partial charge in [-0.1, -0.05) is 0 Å². The van der Waals surface area contributed by atoms with Crippen LogP contribution in [0.25, 0.3) is 5.69 Å². The first kappa shape index (κ1) is 17.8. The highest BCUT2D eigenvalue weighted by Gasteiger charge is 2.14. The third-order valence-corrected chi connectivity index (χ3v) is 6.47. The van der Waals surface area contributed by atoms with E-state index in [0.717, 1.165) is 15.4 Å². The number of sulfonamides is 1. The largest absolute Gasteiger partial charge is 0.388 e. The Morgan fingerprint density at radius 2 is 2.00 bits per heavy atom. The molecule has 3 aromatic rings. The van der Waals surface area contributed by atoms with E-state index < -0.39 is 16.1 Å². The van der Waals surface area contributed by atoms with Gasteiger partial charge in [0.2, 0.25) is 10.0 Å². The maximum absolute atomic E-state index is 12.4. The molecule has 0 spiro atoms. The number of rotatable bonds is 7. The monoisotopic (exact) mass is 377 g/mol. The van der Waals surface area contributed by atoms with Gasteiger partial charge in [0.25, 0.3) is 0 Å². The Bertz CT molecular complexity index is 914. The van der Waals surface area contributed by atoms with Gasteiger partial charge in [0.15, 0.2) is 0 Å². The minimum Gasteiger partial charge on any atom is -0.388 e. The van der Waals surface area contributed by atoms with Crippen LogP contribution in [0.4, 0.5) is 0 Å². The fourth-order valence-corrected chi connectivity index (χ4v) is 4.33. The second-order valence-corrected chi connectivity index (χ2v) is 8.54. The Balaban J connectivity index is 1.61. The Labute approximate surface area is 150 Å². The van der Waals surface area contributed by atoms with Crippen molar-refractivity contribution < 1.29 is 13.5 Å². The van der Waals surface area contributed by atoms with Gasteiger partial charge in [-0.15, -0.1) is 11.3 Å². The molecule has 0 saturated heterocycles. The van der Waals surface area contributed by atoms with Gasteiger partial charge in [0.1, 0.15) is 0 Å². The quantitative estimate of drug-likeness (QED) is 0.663. The van der Waals surface area contributed by atoms with E-state index in [2.05, 4.69) is 9.82 Å². The molecule has 0 amide bonds. The van der Waals surface area contributed by atoms with Crippen molar-refractivity contribution in [2.24, 2.45) is 0 Å². The summed E-state index contributed by atoms with van der Waals surface area (Å²) in [5.41, 5.74) is 0.799. The Kier molecular flexibility index (Phi) is 5.33. The van der Waals surface area contributed by atoms with Crippen LogP contribution < -0.4 is 4.72 Å². The number of benzene rings is 1. The van der Waals surface area contributed by atoms with Gasteiger partial charge >= 0.3 is 0 Å². The van der Waals surface area contributed by atoms with Gasteiger partial charge in [0.05, 0.1) is 16.7 Å². The van der Waals surface area contributed by atoms with E-state index in [4.69, 9.17) is 0 Å². The molecule has 0 aliphatic carbocycles. The molecule has 25 heavy (non-hydrogen) atoms. The number of aliphatic hydroxyl groups excluding tert-OH is 1. The minimum atomic E-state index is -3.55. The van der Waals surface area contributed by atoms with Gasteiger partial charge < -0.3 is 5.11 Å². The van der Waals surface area contributed by atoms with E-state index >= 15 is 0 Å². The van der Waals surface area contributed by atoms with Crippen molar-refractivity contribution in [2.75, 3.05) is 6.54 Å². The fraction of sp³-hybridized carbons (Fsp3) is 0.235. The van der Waals surface area contributed by atoms with E-state index in [0.29, 0.717) is 13.0 Å². The highest BCUT2D eigenvalue weighted by molar-refractivity contribution is 7.89. The highest BCUT2D eigenvalue weighted by atomic mass is 32.2. The summed E-state index contributed by atoms with van der Waals surface area (Å²) in [7, 11) is -3.55. The number of nitrogens with one attached hydrogen (secondary N) is 1. The topological polar surface area (TPSA) is 84.2 Å². The first-order valence-corrected chi connectivity index (χ1v) is 10.1. The number of nitrogens with zero attached hydrogens (tertiary/aromatic N) is 2. The van der Waals surface area contributed by atoms with Crippen LogP contribution in [-0.2, 0) is 16.4 Å². The molecule has 0 radical (unpaired) electrons. The molecule has 2 heterocycles. The molecule has 0 bridgehead atoms. The van der Waals surface area contributed by atoms with Crippen LogP contribution >= 0.6 is 11.3 Å². The molecule has 2 N–H and O–H groups in total. The third-order valence-electron chi connectivity index (χ3n) is 3.67. The van der Waals surface area contributed by atoms with Gasteiger partial charge in [-0.05, 0) is 55.8 Å². The van der Waals surface area contributed by atoms with E-state index in [1.54, 1.807) is 54.3 Å². The average molecular weight is 377 g/mol. The number of aliphatic hydroxyl groups is 1. The fourth-order valence-electron chi connectivity index (χ4n) is 2.34. The molecule has 0 saturated carbocycles. The van der Waals surface area contributed by atoms with Crippen molar-refractivity contribution in [2.45, 2.75) is 24.3 Å². The number of hydrogen-bond acceptors (Lipinski definition) is 5. The summed E-state index contributed by atoms with van der Waals surface area (Å²) < 4.78 is 29.0. The Morgan fingerprint density at radius 1 is 1.24 bits per heavy atom. The summed E-state index contributed by atoms with van der Waals surface area (Å²) in [4.78, 5) is 2.14. The van der Waals surface area contributed by atoms with E-state index in [9.17, 15) is 13.5 Å². The first-order chi connectivity index (χ1) is 12.0. The van der Waals surface area contributed by atoms with Crippen molar-refractivity contribution in [3.05, 3.63) is 64.6 Å². The van der Waals surface area contributed by atoms with Crippen molar-refractivity contribution >= 4 is 21.4 Å². The Morgan fingerprint density at radius 3 is 2.60 bits per heavy atom. The molecule has 1 atom stereocenters. The molecule has 3 rings (SSSR count). The van der Waals surface area contributed by atoms with Crippen molar-refractivity contribution in [3.8, 4) is 5.69 Å². The predicted molar refractivity (Wildman–Crippen MR) is 97.4 cm³/mol. The Hall–Kier alpha value is -2.00. The lowest BCUT2D eigenvalue weighted by atomic mass is 10.3. The lowest BCUT2D eigenvalue weighted by molar-refractivity contribution is 0.203. The lowest BCUT2D eigenvalue weighted by Crippen LogP contribution is -2.25. The highest BCUT2D eigenvalue weighted by Crippen LogP contribution is 2.23. The predicted octanol–water partition coefficient (Wildman–Crippen LogP) is 2.51. The summed E-state index contributed by atoms with van der Waals surface area (Å²) >= 11 is 1.49. The number of aromatic nitrogens is 2. The van der Waals surface area contributed by atoms with Crippen molar-refractivity contribution in [1.29, 1.82) is 0 Å². The molecule has 1 aromatic carbocycles. The second-order valence-electron chi connectivity index (χ2n) is 5.57. The van der Waals surface area contributed by atoms with Gasteiger partial charge in [0, 0.05) is 28.7 Å². The summed E-state index contributed by atoms with van der Waals surface area (Å²) in [5, 5.41) is 13.6. The molecular formula is C17H19N3O3S2. The molecular weight excluding hydrogens is 358 g/mol. The van der Waals surface area contributed by atoms with Crippen LogP contribution in [-0.4, -0.2) is 29.8 Å². The molecule has 1 unspecified atom stereocenters. The van der Waals surface area contributed by atoms with Crippen LogP contribution in [0, 0.1) is 0 Å². The first-order valence-electron chi connectivity index (χ1n) is 7.82. The maximum Gasteiger partial charge on any atom is 0.240 e. The van der Waals surface area contributed by atoms with Crippen LogP contribution in [0.3, 0.4) is 0 Å². The zero-order chi connectivity index (χ0) is 17.9. The second kappa shape index (κ2) is 7.49. The molecule has 132 valence electrons. The zero-order valence-corrected chi connectivity index (χ0v) is 15.3. The number of thiophene rings is 1. The summed E-state index contributed by atoms with van der Waals surface area (Å²) in [6, 6.07) is 12.2. The maximum atomic E-state index is 12.4. The van der Waals surface area contributed by atoms with Crippen LogP contribution in [0.15, 0.2) is 59.8 Å². The van der Waals surface area contributed by atoms with Crippen molar-refractivity contribution in [1.82, 2.24) is 14.5 Å². The van der Waals surface area contributed by atoms with E-state index in [1.807, 2.05) is 12.1 Å². The SMILES string of the molecule is CC(O)c1ccc(CCNS(=O)(=O)c2ccc(-n3cccn3)cc2)s1. The van der Waals surface area contributed by atoms with Gasteiger partial charge in [-0.2, -0.15) is 5.10 Å². The van der Waals surface area contributed by atoms with Crippen LogP contribution in [0.1, 0.15) is 22.8 Å². The van der Waals surface area contributed by atoms with Gasteiger partial charge in [-0.3, -0.25) is 0 Å². The summed E-state index contributed by atoms with van der Waals surface area (Å²) in [5.74, 6) is 0. The molecule has 0 aliphatic rings. The van der Waals surface area contributed by atoms with E-state index in [1.165, 1.54) is 11.3 Å². The smallest absolute Gasteiger partial charge is 0.240 e. The number of hydrogen-bond donors (Lipinski definition) is 2. The molecule has 8 heteroatoms. The van der Waals surface area contributed by atoms with Crippen LogP contribution in [0.2, 0.25) is 0 Å². The molecule has 0 aliphatic heterocycles. The summed E-state index contributed by atoms with van der Waals surface area (Å²) in [6.45, 7) is 2.02. The lowest BCUT2D eigenvalue weighted by Gasteiger charge is -2.07. The van der Waals surface area contributed by atoms with Crippen molar-refractivity contribution in [3.63, 3.8) is 0 Å². The molecule has 2 aromatic heterocycles. The van der Waals surface area contributed by atoms with E-state index in [-0.39, 0.29) is 4.90 Å². The normalized spacial score (nSPS) is 13.0. The third kappa shape index (κ3) is 4.35. The average Bonchev–Trinajstić information content (AvgIpc) is 3.27. The standard InChI is InChI=1S/C17H19N3O3S2/c1-13(21)17-8-5-15(24-17)9-11-19-25(22,23)16-6-3-14(4-7-16)20-12-2-10-18-20/h2-8,10,12-13,19,21H,9,11H2,1H3. The summed E-state index contributed by atoms with van der Waals surface area (Å²) in [6.07, 6.45) is 3.55. The molecule has 6 nitrogen and oxygen atoms in total.